The van der Waals surface area contributed by atoms with Crippen LogP contribution in [0.25, 0.3) is 0 Å². The molecule has 0 radical (unpaired) electrons. The highest BCUT2D eigenvalue weighted by Gasteiger charge is 2.52. The van der Waals surface area contributed by atoms with Crippen molar-refractivity contribution >= 4 is 11.8 Å². The molecule has 3 fully saturated rings. The number of nitrogens with zero attached hydrogens (tertiary/aromatic N) is 1. The summed E-state index contributed by atoms with van der Waals surface area (Å²) in [7, 11) is 0. The number of amides is 2. The highest BCUT2D eigenvalue weighted by Crippen LogP contribution is 2.48. The molecule has 4 unspecified atom stereocenters. The summed E-state index contributed by atoms with van der Waals surface area (Å²) in [4.78, 5) is 27.9. The van der Waals surface area contributed by atoms with Crippen molar-refractivity contribution in [3.63, 3.8) is 0 Å². The second kappa shape index (κ2) is 8.90. The highest BCUT2D eigenvalue weighted by molar-refractivity contribution is 5.86. The molecule has 5 rings (SSSR count). The second-order valence-electron chi connectivity index (χ2n) is 10.0. The van der Waals surface area contributed by atoms with Crippen molar-refractivity contribution in [3.05, 3.63) is 71.5 Å². The van der Waals surface area contributed by atoms with E-state index < -0.39 is 5.41 Å². The minimum Gasteiger partial charge on any atom is -0.355 e. The van der Waals surface area contributed by atoms with Crippen molar-refractivity contribution < 1.29 is 14.0 Å². The molecule has 0 aromatic heterocycles. The maximum Gasteiger partial charge on any atom is 0.227 e. The fraction of sp³-hybridized carbons (Fsp3) is 0.481. The van der Waals surface area contributed by atoms with Gasteiger partial charge in [-0.3, -0.25) is 9.59 Å². The number of carbonyl (C=O) groups excluding carboxylic acids is 2. The van der Waals surface area contributed by atoms with Crippen molar-refractivity contribution in [3.8, 4) is 0 Å². The first kappa shape index (κ1) is 22.1. The minimum atomic E-state index is -0.419. The van der Waals surface area contributed by atoms with E-state index in [0.717, 1.165) is 44.5 Å². The first-order chi connectivity index (χ1) is 16.0. The lowest BCUT2D eigenvalue weighted by molar-refractivity contribution is -0.130. The van der Waals surface area contributed by atoms with Gasteiger partial charge in [-0.2, -0.15) is 0 Å². The summed E-state index contributed by atoms with van der Waals surface area (Å²) < 4.78 is 13.4. The smallest absolute Gasteiger partial charge is 0.227 e. The molecule has 1 aliphatic carbocycles. The van der Waals surface area contributed by atoms with Gasteiger partial charge in [0, 0.05) is 31.0 Å². The van der Waals surface area contributed by atoms with Crippen molar-refractivity contribution in [2.24, 2.45) is 11.3 Å². The van der Waals surface area contributed by atoms with Crippen LogP contribution in [0.2, 0.25) is 0 Å². The monoisotopic (exact) mass is 449 g/mol. The molecule has 2 aromatic carbocycles. The third-order valence-electron chi connectivity index (χ3n) is 7.88. The van der Waals surface area contributed by atoms with Gasteiger partial charge in [0.1, 0.15) is 5.82 Å². The quantitative estimate of drug-likeness (QED) is 0.710. The Balaban J connectivity index is 1.14. The van der Waals surface area contributed by atoms with Gasteiger partial charge in [0.15, 0.2) is 0 Å². The molecule has 2 saturated heterocycles. The lowest BCUT2D eigenvalue weighted by Crippen LogP contribution is -2.50. The maximum absolute atomic E-state index is 13.4. The van der Waals surface area contributed by atoms with Gasteiger partial charge < -0.3 is 15.5 Å². The number of likely N-dealkylation sites (tertiary alicyclic amines) is 1. The van der Waals surface area contributed by atoms with E-state index in [4.69, 9.17) is 0 Å². The number of halogens is 1. The van der Waals surface area contributed by atoms with Crippen LogP contribution in [0.1, 0.15) is 49.1 Å². The van der Waals surface area contributed by atoms with Crippen molar-refractivity contribution in [2.45, 2.75) is 44.1 Å². The molecule has 1 saturated carbocycles. The fourth-order valence-electron chi connectivity index (χ4n) is 5.90. The van der Waals surface area contributed by atoms with E-state index in [-0.39, 0.29) is 35.5 Å². The molecule has 1 spiro atoms. The molecule has 4 atom stereocenters. The van der Waals surface area contributed by atoms with Crippen molar-refractivity contribution in [2.75, 3.05) is 26.2 Å². The van der Waals surface area contributed by atoms with Crippen LogP contribution < -0.4 is 10.6 Å². The van der Waals surface area contributed by atoms with E-state index in [2.05, 4.69) is 34.6 Å². The average Bonchev–Trinajstić information content (AvgIpc) is 3.57. The molecule has 2 aromatic rings. The predicted octanol–water partition coefficient (Wildman–Crippen LogP) is 3.43. The van der Waals surface area contributed by atoms with Gasteiger partial charge in [0.25, 0.3) is 0 Å². The summed E-state index contributed by atoms with van der Waals surface area (Å²) in [6.45, 7) is 5.10. The standard InChI is InChI=1S/C27H32FN3O2/c1-18(30-25(32)23-15-22(23)19-5-3-2-4-6-19)17-31-13-11-27(12-14-31)24(16-29-26(27)33)20-7-9-21(28)10-8-20/h2-10,18,22-24H,11-17H2,1H3,(H,29,33)(H,30,32). The molecule has 33 heavy (non-hydrogen) atoms. The van der Waals surface area contributed by atoms with Crippen LogP contribution in [-0.2, 0) is 9.59 Å². The third-order valence-corrected chi connectivity index (χ3v) is 7.88. The van der Waals surface area contributed by atoms with Crippen LogP contribution >= 0.6 is 0 Å². The maximum atomic E-state index is 13.4. The molecular weight excluding hydrogens is 417 g/mol. The number of hydrogen-bond acceptors (Lipinski definition) is 3. The Morgan fingerprint density at radius 2 is 1.82 bits per heavy atom. The normalized spacial score (nSPS) is 27.2. The number of benzene rings is 2. The Morgan fingerprint density at radius 3 is 2.52 bits per heavy atom. The van der Waals surface area contributed by atoms with Crippen LogP contribution in [-0.4, -0.2) is 48.9 Å². The summed E-state index contributed by atoms with van der Waals surface area (Å²) in [5, 5.41) is 6.26. The zero-order valence-corrected chi connectivity index (χ0v) is 19.1. The summed E-state index contributed by atoms with van der Waals surface area (Å²) in [6, 6.07) is 16.9. The average molecular weight is 450 g/mol. The molecule has 174 valence electrons. The number of nitrogens with one attached hydrogen (secondary N) is 2. The second-order valence-corrected chi connectivity index (χ2v) is 10.0. The van der Waals surface area contributed by atoms with Crippen LogP contribution in [0.15, 0.2) is 54.6 Å². The van der Waals surface area contributed by atoms with E-state index in [9.17, 15) is 14.0 Å². The Kier molecular flexibility index (Phi) is 5.95. The fourth-order valence-corrected chi connectivity index (χ4v) is 5.90. The molecule has 2 amide bonds. The lowest BCUT2D eigenvalue weighted by Gasteiger charge is -2.41. The SMILES string of the molecule is CC(CN1CCC2(CC1)C(=O)NCC2c1ccc(F)cc1)NC(=O)C1CC1c1ccccc1. The first-order valence-corrected chi connectivity index (χ1v) is 12.1. The van der Waals surface area contributed by atoms with Gasteiger partial charge in [-0.05, 0) is 68.5 Å². The Labute approximate surface area is 194 Å². The van der Waals surface area contributed by atoms with Crippen LogP contribution in [0, 0.1) is 17.2 Å². The van der Waals surface area contributed by atoms with Crippen molar-refractivity contribution in [1.29, 1.82) is 0 Å². The number of piperidine rings is 1. The molecule has 2 N–H and O–H groups in total. The summed E-state index contributed by atoms with van der Waals surface area (Å²) in [5.74, 6) is 0.525. The van der Waals surface area contributed by atoms with Gasteiger partial charge in [-0.25, -0.2) is 4.39 Å². The van der Waals surface area contributed by atoms with Gasteiger partial charge in [-0.15, -0.1) is 0 Å². The first-order valence-electron chi connectivity index (χ1n) is 12.1. The van der Waals surface area contributed by atoms with E-state index >= 15 is 0 Å². The Morgan fingerprint density at radius 1 is 1.12 bits per heavy atom. The lowest BCUT2D eigenvalue weighted by atomic mass is 9.68. The summed E-state index contributed by atoms with van der Waals surface area (Å²) >= 11 is 0. The molecule has 0 bridgehead atoms. The minimum absolute atomic E-state index is 0.0638. The molecule has 2 heterocycles. The van der Waals surface area contributed by atoms with Gasteiger partial charge in [-0.1, -0.05) is 42.5 Å². The van der Waals surface area contributed by atoms with Crippen LogP contribution in [0.3, 0.4) is 0 Å². The number of rotatable bonds is 6. The van der Waals surface area contributed by atoms with E-state index in [1.54, 1.807) is 0 Å². The van der Waals surface area contributed by atoms with E-state index in [1.165, 1.54) is 17.7 Å². The molecule has 2 aliphatic heterocycles. The van der Waals surface area contributed by atoms with Gasteiger partial charge in [0.05, 0.1) is 5.41 Å². The van der Waals surface area contributed by atoms with Crippen molar-refractivity contribution in [1.82, 2.24) is 15.5 Å². The Hall–Kier alpha value is -2.73. The molecular formula is C27H32FN3O2. The molecule has 3 aliphatic rings. The summed E-state index contributed by atoms with van der Waals surface area (Å²) in [5.41, 5.74) is 1.86. The zero-order chi connectivity index (χ0) is 23.0. The molecule has 6 heteroatoms. The van der Waals surface area contributed by atoms with Crippen LogP contribution in [0.5, 0.6) is 0 Å². The van der Waals surface area contributed by atoms with Crippen LogP contribution in [0.4, 0.5) is 4.39 Å². The number of hydrogen-bond donors (Lipinski definition) is 2. The zero-order valence-electron chi connectivity index (χ0n) is 19.1. The van der Waals surface area contributed by atoms with E-state index in [0.29, 0.717) is 12.5 Å². The largest absolute Gasteiger partial charge is 0.355 e. The highest BCUT2D eigenvalue weighted by atomic mass is 19.1. The topological polar surface area (TPSA) is 61.4 Å². The predicted molar refractivity (Wildman–Crippen MR) is 125 cm³/mol. The third kappa shape index (κ3) is 4.41. The van der Waals surface area contributed by atoms with E-state index in [1.807, 2.05) is 30.3 Å². The molecule has 5 nitrogen and oxygen atoms in total. The van der Waals surface area contributed by atoms with Gasteiger partial charge >= 0.3 is 0 Å². The number of carbonyl (C=O) groups is 2. The Bertz CT molecular complexity index is 1000. The summed E-state index contributed by atoms with van der Waals surface area (Å²) in [6.07, 6.45) is 2.48. The van der Waals surface area contributed by atoms with Gasteiger partial charge in [0.2, 0.25) is 11.8 Å².